The SMILES string of the molecule is CCOc1ccc(C(C)N(CC)CCN)cc1. The van der Waals surface area contributed by atoms with E-state index in [0.717, 1.165) is 18.8 Å². The van der Waals surface area contributed by atoms with Crippen molar-refractivity contribution in [1.82, 2.24) is 4.90 Å². The molecule has 0 radical (unpaired) electrons. The minimum absolute atomic E-state index is 0.402. The van der Waals surface area contributed by atoms with Crippen LogP contribution >= 0.6 is 0 Å². The first-order chi connectivity index (χ1) is 8.22. The molecule has 0 bridgehead atoms. The predicted octanol–water partition coefficient (Wildman–Crippen LogP) is 2.43. The van der Waals surface area contributed by atoms with Gasteiger partial charge in [0, 0.05) is 19.1 Å². The van der Waals surface area contributed by atoms with Crippen LogP contribution in [-0.4, -0.2) is 31.1 Å². The molecule has 0 heterocycles. The molecular weight excluding hydrogens is 212 g/mol. The minimum Gasteiger partial charge on any atom is -0.494 e. The maximum atomic E-state index is 5.62. The maximum Gasteiger partial charge on any atom is 0.119 e. The van der Waals surface area contributed by atoms with Gasteiger partial charge < -0.3 is 10.5 Å². The lowest BCUT2D eigenvalue weighted by molar-refractivity contribution is 0.228. The Hall–Kier alpha value is -1.06. The lowest BCUT2D eigenvalue weighted by Crippen LogP contribution is -2.31. The van der Waals surface area contributed by atoms with Crippen molar-refractivity contribution >= 4 is 0 Å². The largest absolute Gasteiger partial charge is 0.494 e. The second kappa shape index (κ2) is 7.30. The highest BCUT2D eigenvalue weighted by atomic mass is 16.5. The van der Waals surface area contributed by atoms with Gasteiger partial charge in [0.1, 0.15) is 5.75 Å². The van der Waals surface area contributed by atoms with Crippen LogP contribution in [0.25, 0.3) is 0 Å². The molecule has 0 aliphatic rings. The second-order valence-electron chi connectivity index (χ2n) is 4.10. The number of nitrogens with two attached hydrogens (primary N) is 1. The molecule has 3 heteroatoms. The van der Waals surface area contributed by atoms with E-state index in [1.807, 2.05) is 19.1 Å². The van der Waals surface area contributed by atoms with Crippen LogP contribution in [0.4, 0.5) is 0 Å². The highest BCUT2D eigenvalue weighted by molar-refractivity contribution is 5.29. The standard InChI is InChI=1S/C14H24N2O/c1-4-16(11-10-15)12(3)13-6-8-14(9-7-13)17-5-2/h6-9,12H,4-5,10-11,15H2,1-3H3. The number of rotatable bonds is 7. The van der Waals surface area contributed by atoms with E-state index in [1.54, 1.807) is 0 Å². The van der Waals surface area contributed by atoms with E-state index < -0.39 is 0 Å². The Morgan fingerprint density at radius 2 is 1.88 bits per heavy atom. The first kappa shape index (κ1) is 14.0. The number of likely N-dealkylation sites (N-methyl/N-ethyl adjacent to an activating group) is 1. The molecule has 1 unspecified atom stereocenters. The average molecular weight is 236 g/mol. The number of nitrogens with zero attached hydrogens (tertiary/aromatic N) is 1. The Balaban J connectivity index is 2.70. The van der Waals surface area contributed by atoms with Crippen molar-refractivity contribution < 1.29 is 4.74 Å². The predicted molar refractivity (Wildman–Crippen MR) is 72.3 cm³/mol. The van der Waals surface area contributed by atoms with Crippen molar-refractivity contribution in [2.24, 2.45) is 5.73 Å². The van der Waals surface area contributed by atoms with Crippen molar-refractivity contribution in [3.8, 4) is 5.75 Å². The van der Waals surface area contributed by atoms with Crippen molar-refractivity contribution in [1.29, 1.82) is 0 Å². The van der Waals surface area contributed by atoms with Crippen molar-refractivity contribution in [2.75, 3.05) is 26.2 Å². The smallest absolute Gasteiger partial charge is 0.119 e. The third kappa shape index (κ3) is 4.02. The van der Waals surface area contributed by atoms with Crippen LogP contribution in [0.2, 0.25) is 0 Å². The lowest BCUT2D eigenvalue weighted by Gasteiger charge is -2.27. The first-order valence-electron chi connectivity index (χ1n) is 6.39. The summed E-state index contributed by atoms with van der Waals surface area (Å²) >= 11 is 0. The normalized spacial score (nSPS) is 12.8. The summed E-state index contributed by atoms with van der Waals surface area (Å²) in [5.74, 6) is 0.935. The van der Waals surface area contributed by atoms with E-state index in [1.165, 1.54) is 5.56 Å². The molecule has 0 saturated heterocycles. The third-order valence-electron chi connectivity index (χ3n) is 3.04. The van der Waals surface area contributed by atoms with Gasteiger partial charge in [-0.05, 0) is 38.1 Å². The molecule has 2 N–H and O–H groups in total. The van der Waals surface area contributed by atoms with Gasteiger partial charge in [-0.3, -0.25) is 4.90 Å². The van der Waals surface area contributed by atoms with Gasteiger partial charge in [0.25, 0.3) is 0 Å². The highest BCUT2D eigenvalue weighted by Crippen LogP contribution is 2.22. The molecule has 0 aliphatic carbocycles. The van der Waals surface area contributed by atoms with E-state index in [4.69, 9.17) is 10.5 Å². The first-order valence-corrected chi connectivity index (χ1v) is 6.39. The molecule has 1 aromatic carbocycles. The molecule has 0 aromatic heterocycles. The summed E-state index contributed by atoms with van der Waals surface area (Å²) in [5, 5.41) is 0. The molecule has 0 aliphatic heterocycles. The van der Waals surface area contributed by atoms with Gasteiger partial charge in [-0.15, -0.1) is 0 Å². The Morgan fingerprint density at radius 3 is 2.35 bits per heavy atom. The molecule has 1 rings (SSSR count). The quantitative estimate of drug-likeness (QED) is 0.790. The molecule has 3 nitrogen and oxygen atoms in total. The Labute approximate surface area is 105 Å². The monoisotopic (exact) mass is 236 g/mol. The fraction of sp³-hybridized carbons (Fsp3) is 0.571. The van der Waals surface area contributed by atoms with Gasteiger partial charge in [-0.1, -0.05) is 19.1 Å². The van der Waals surface area contributed by atoms with Gasteiger partial charge in [0.05, 0.1) is 6.61 Å². The molecular formula is C14H24N2O. The zero-order valence-electron chi connectivity index (χ0n) is 11.1. The Morgan fingerprint density at radius 1 is 1.24 bits per heavy atom. The zero-order chi connectivity index (χ0) is 12.7. The van der Waals surface area contributed by atoms with E-state index in [0.29, 0.717) is 19.2 Å². The van der Waals surface area contributed by atoms with Crippen molar-refractivity contribution in [3.05, 3.63) is 29.8 Å². The lowest BCUT2D eigenvalue weighted by atomic mass is 10.1. The van der Waals surface area contributed by atoms with Gasteiger partial charge in [0.2, 0.25) is 0 Å². The fourth-order valence-corrected chi connectivity index (χ4v) is 2.01. The summed E-state index contributed by atoms with van der Waals surface area (Å²) < 4.78 is 5.44. The van der Waals surface area contributed by atoms with Crippen LogP contribution in [-0.2, 0) is 0 Å². The molecule has 1 atom stereocenters. The van der Waals surface area contributed by atoms with Crippen molar-refractivity contribution in [3.63, 3.8) is 0 Å². The Kier molecular flexibility index (Phi) is 6.01. The molecule has 0 saturated carbocycles. The molecule has 0 amide bonds. The summed E-state index contributed by atoms with van der Waals surface area (Å²) in [7, 11) is 0. The van der Waals surface area contributed by atoms with Crippen LogP contribution < -0.4 is 10.5 Å². The van der Waals surface area contributed by atoms with Crippen LogP contribution in [0.1, 0.15) is 32.4 Å². The highest BCUT2D eigenvalue weighted by Gasteiger charge is 2.12. The van der Waals surface area contributed by atoms with Gasteiger partial charge in [-0.25, -0.2) is 0 Å². The van der Waals surface area contributed by atoms with E-state index in [9.17, 15) is 0 Å². The zero-order valence-corrected chi connectivity index (χ0v) is 11.1. The summed E-state index contributed by atoms with van der Waals surface area (Å²) in [6, 6.07) is 8.74. The fourth-order valence-electron chi connectivity index (χ4n) is 2.01. The number of ether oxygens (including phenoxy) is 1. The van der Waals surface area contributed by atoms with Crippen LogP contribution in [0.5, 0.6) is 5.75 Å². The average Bonchev–Trinajstić information content (AvgIpc) is 2.36. The third-order valence-corrected chi connectivity index (χ3v) is 3.04. The van der Waals surface area contributed by atoms with E-state index in [2.05, 4.69) is 30.9 Å². The summed E-state index contributed by atoms with van der Waals surface area (Å²) in [6.07, 6.45) is 0. The van der Waals surface area contributed by atoms with Gasteiger partial charge in [0.15, 0.2) is 0 Å². The van der Waals surface area contributed by atoms with Crippen LogP contribution in [0.15, 0.2) is 24.3 Å². The van der Waals surface area contributed by atoms with Gasteiger partial charge in [-0.2, -0.15) is 0 Å². The second-order valence-corrected chi connectivity index (χ2v) is 4.10. The van der Waals surface area contributed by atoms with Crippen LogP contribution in [0.3, 0.4) is 0 Å². The Bertz CT molecular complexity index is 311. The minimum atomic E-state index is 0.402. The summed E-state index contributed by atoms with van der Waals surface area (Å²) in [5.41, 5.74) is 6.93. The maximum absolute atomic E-state index is 5.62. The summed E-state index contributed by atoms with van der Waals surface area (Å²) in [4.78, 5) is 2.37. The molecule has 1 aromatic rings. The molecule has 0 spiro atoms. The number of hydrogen-bond donors (Lipinski definition) is 1. The molecule has 0 fully saturated rings. The number of benzene rings is 1. The molecule has 17 heavy (non-hydrogen) atoms. The topological polar surface area (TPSA) is 38.5 Å². The van der Waals surface area contributed by atoms with Gasteiger partial charge >= 0.3 is 0 Å². The molecule has 96 valence electrons. The van der Waals surface area contributed by atoms with E-state index in [-0.39, 0.29) is 0 Å². The van der Waals surface area contributed by atoms with E-state index >= 15 is 0 Å². The van der Waals surface area contributed by atoms with Crippen molar-refractivity contribution in [2.45, 2.75) is 26.8 Å². The van der Waals surface area contributed by atoms with Crippen LogP contribution in [0, 0.1) is 0 Å². The summed E-state index contributed by atoms with van der Waals surface area (Å²) in [6.45, 7) is 9.75. The number of hydrogen-bond acceptors (Lipinski definition) is 3.